The number of aromatic nitrogens is 4. The van der Waals surface area contributed by atoms with E-state index in [2.05, 4.69) is 20.3 Å². The molecule has 0 bridgehead atoms. The van der Waals surface area contributed by atoms with Crippen molar-refractivity contribution in [2.45, 2.75) is 26.4 Å². The molecular formula is C15H14N4O4. The van der Waals surface area contributed by atoms with Gasteiger partial charge >= 0.3 is 5.97 Å². The summed E-state index contributed by atoms with van der Waals surface area (Å²) in [6.07, 6.45) is 0.436. The average Bonchev–Trinajstić information content (AvgIpc) is 3.21. The molecule has 23 heavy (non-hydrogen) atoms. The van der Waals surface area contributed by atoms with Crippen LogP contribution in [0.3, 0.4) is 0 Å². The van der Waals surface area contributed by atoms with Crippen LogP contribution < -0.4 is 0 Å². The number of carbonyl (C=O) groups is 1. The lowest BCUT2D eigenvalue weighted by Gasteiger charge is -1.99. The van der Waals surface area contributed by atoms with Crippen LogP contribution in [0.4, 0.5) is 0 Å². The minimum atomic E-state index is -0.402. The zero-order chi connectivity index (χ0) is 16.1. The highest BCUT2D eigenvalue weighted by Crippen LogP contribution is 2.15. The lowest BCUT2D eigenvalue weighted by molar-refractivity contribution is -0.145. The van der Waals surface area contributed by atoms with Crippen LogP contribution in [0, 0.1) is 6.92 Å². The Balaban J connectivity index is 1.48. The third-order valence-corrected chi connectivity index (χ3v) is 2.97. The number of aryl methyl sites for hydroxylation is 2. The third-order valence-electron chi connectivity index (χ3n) is 2.97. The Bertz CT molecular complexity index is 782. The van der Waals surface area contributed by atoms with Crippen LogP contribution >= 0.6 is 0 Å². The van der Waals surface area contributed by atoms with E-state index in [4.69, 9.17) is 13.8 Å². The molecule has 0 radical (unpaired) electrons. The van der Waals surface area contributed by atoms with Gasteiger partial charge in [-0.05, 0) is 6.92 Å². The number of hydrogen-bond donors (Lipinski definition) is 0. The van der Waals surface area contributed by atoms with Crippen LogP contribution in [0.5, 0.6) is 0 Å². The second-order valence-electron chi connectivity index (χ2n) is 4.77. The van der Waals surface area contributed by atoms with Gasteiger partial charge in [-0.1, -0.05) is 40.6 Å². The number of benzene rings is 1. The van der Waals surface area contributed by atoms with Gasteiger partial charge in [0.2, 0.25) is 11.7 Å². The molecule has 3 aromatic rings. The third kappa shape index (κ3) is 4.00. The van der Waals surface area contributed by atoms with Gasteiger partial charge in [-0.3, -0.25) is 4.79 Å². The van der Waals surface area contributed by atoms with Crippen LogP contribution in [-0.2, 0) is 22.6 Å². The van der Waals surface area contributed by atoms with Crippen LogP contribution in [0.25, 0.3) is 11.4 Å². The van der Waals surface area contributed by atoms with Crippen molar-refractivity contribution in [2.24, 2.45) is 0 Å². The molecule has 8 nitrogen and oxygen atoms in total. The highest BCUT2D eigenvalue weighted by atomic mass is 16.6. The highest BCUT2D eigenvalue weighted by Gasteiger charge is 2.12. The van der Waals surface area contributed by atoms with Crippen molar-refractivity contribution in [1.82, 2.24) is 20.3 Å². The van der Waals surface area contributed by atoms with Crippen molar-refractivity contribution in [1.29, 1.82) is 0 Å². The standard InChI is InChI=1S/C15H14N4O4/c1-10-16-13(23-18-10)9-21-14(20)8-7-12-17-15(19-22-12)11-5-3-2-4-6-11/h2-6H,7-9H2,1H3. The van der Waals surface area contributed by atoms with Crippen molar-refractivity contribution in [3.05, 3.63) is 47.9 Å². The number of rotatable bonds is 6. The maximum Gasteiger partial charge on any atom is 0.306 e. The summed E-state index contributed by atoms with van der Waals surface area (Å²) in [6, 6.07) is 9.46. The van der Waals surface area contributed by atoms with Gasteiger partial charge in [-0.25, -0.2) is 0 Å². The maximum absolute atomic E-state index is 11.7. The summed E-state index contributed by atoms with van der Waals surface area (Å²) in [5.41, 5.74) is 0.858. The first-order valence-corrected chi connectivity index (χ1v) is 7.03. The van der Waals surface area contributed by atoms with Gasteiger partial charge in [0.1, 0.15) is 0 Å². The lowest BCUT2D eigenvalue weighted by Crippen LogP contribution is -2.06. The van der Waals surface area contributed by atoms with Crippen molar-refractivity contribution < 1.29 is 18.6 Å². The second-order valence-corrected chi connectivity index (χ2v) is 4.77. The van der Waals surface area contributed by atoms with E-state index in [-0.39, 0.29) is 18.9 Å². The SMILES string of the molecule is Cc1noc(COC(=O)CCc2nc(-c3ccccc3)no2)n1. The molecule has 0 fully saturated rings. The zero-order valence-corrected chi connectivity index (χ0v) is 12.4. The van der Waals surface area contributed by atoms with Gasteiger partial charge in [0.05, 0.1) is 6.42 Å². The predicted molar refractivity (Wildman–Crippen MR) is 76.9 cm³/mol. The monoisotopic (exact) mass is 314 g/mol. The van der Waals surface area contributed by atoms with Gasteiger partial charge in [-0.15, -0.1) is 0 Å². The van der Waals surface area contributed by atoms with E-state index >= 15 is 0 Å². The summed E-state index contributed by atoms with van der Waals surface area (Å²) >= 11 is 0. The molecule has 2 aromatic heterocycles. The minimum Gasteiger partial charge on any atom is -0.456 e. The summed E-state index contributed by atoms with van der Waals surface area (Å²) in [5, 5.41) is 7.50. The molecule has 0 N–H and O–H groups in total. The molecule has 3 rings (SSSR count). The first-order valence-electron chi connectivity index (χ1n) is 7.03. The average molecular weight is 314 g/mol. The lowest BCUT2D eigenvalue weighted by atomic mass is 10.2. The van der Waals surface area contributed by atoms with Crippen molar-refractivity contribution in [3.8, 4) is 11.4 Å². The number of nitrogens with zero attached hydrogens (tertiary/aromatic N) is 4. The summed E-state index contributed by atoms with van der Waals surface area (Å²) in [6.45, 7) is 1.65. The molecule has 0 aliphatic heterocycles. The van der Waals surface area contributed by atoms with Crippen LogP contribution in [0.1, 0.15) is 24.0 Å². The van der Waals surface area contributed by atoms with Crippen molar-refractivity contribution >= 4 is 5.97 Å². The fourth-order valence-corrected chi connectivity index (χ4v) is 1.88. The molecule has 0 amide bonds. The normalized spacial score (nSPS) is 10.7. The topological polar surface area (TPSA) is 104 Å². The molecule has 0 saturated heterocycles. The van der Waals surface area contributed by atoms with Gasteiger partial charge in [0, 0.05) is 12.0 Å². The predicted octanol–water partition coefficient (Wildman–Crippen LogP) is 2.10. The Morgan fingerprint density at radius 2 is 1.87 bits per heavy atom. The molecule has 0 saturated carbocycles. The second kappa shape index (κ2) is 6.82. The van der Waals surface area contributed by atoms with E-state index in [0.29, 0.717) is 24.0 Å². The Morgan fingerprint density at radius 1 is 1.09 bits per heavy atom. The zero-order valence-electron chi connectivity index (χ0n) is 12.4. The van der Waals surface area contributed by atoms with Crippen molar-refractivity contribution in [3.63, 3.8) is 0 Å². The van der Waals surface area contributed by atoms with Gasteiger partial charge < -0.3 is 13.8 Å². The molecule has 2 heterocycles. The minimum absolute atomic E-state index is 0.0429. The van der Waals surface area contributed by atoms with E-state index in [1.807, 2.05) is 30.3 Å². The Labute approximate surface area is 131 Å². The summed E-state index contributed by atoms with van der Waals surface area (Å²) in [5.74, 6) is 1.24. The van der Waals surface area contributed by atoms with E-state index in [1.165, 1.54) is 0 Å². The molecule has 118 valence electrons. The molecule has 0 aliphatic rings. The molecule has 8 heteroatoms. The Kier molecular flexibility index (Phi) is 4.41. The number of esters is 1. The highest BCUT2D eigenvalue weighted by molar-refractivity contribution is 5.69. The first kappa shape index (κ1) is 14.9. The molecule has 0 atom stereocenters. The number of carbonyl (C=O) groups excluding carboxylic acids is 1. The molecular weight excluding hydrogens is 300 g/mol. The van der Waals surface area contributed by atoms with E-state index in [9.17, 15) is 4.79 Å². The Morgan fingerprint density at radius 3 is 2.61 bits per heavy atom. The van der Waals surface area contributed by atoms with Crippen LogP contribution in [0.15, 0.2) is 39.4 Å². The van der Waals surface area contributed by atoms with Crippen molar-refractivity contribution in [2.75, 3.05) is 0 Å². The van der Waals surface area contributed by atoms with Gasteiger partial charge in [0.15, 0.2) is 12.4 Å². The fourth-order valence-electron chi connectivity index (χ4n) is 1.88. The van der Waals surface area contributed by atoms with Crippen LogP contribution in [-0.4, -0.2) is 26.3 Å². The largest absolute Gasteiger partial charge is 0.456 e. The summed E-state index contributed by atoms with van der Waals surface area (Å²) in [7, 11) is 0. The van der Waals surface area contributed by atoms with Gasteiger partial charge in [0.25, 0.3) is 5.89 Å². The van der Waals surface area contributed by atoms with E-state index < -0.39 is 5.97 Å². The quantitative estimate of drug-likeness (QED) is 0.637. The number of ether oxygens (including phenoxy) is 1. The number of hydrogen-bond acceptors (Lipinski definition) is 8. The van der Waals surface area contributed by atoms with E-state index in [1.54, 1.807) is 6.92 Å². The molecule has 0 spiro atoms. The van der Waals surface area contributed by atoms with Crippen LogP contribution in [0.2, 0.25) is 0 Å². The summed E-state index contributed by atoms with van der Waals surface area (Å²) in [4.78, 5) is 19.9. The Hall–Kier alpha value is -3.03. The van der Waals surface area contributed by atoms with E-state index in [0.717, 1.165) is 5.56 Å². The fraction of sp³-hybridized carbons (Fsp3) is 0.267. The molecule has 0 unspecified atom stereocenters. The maximum atomic E-state index is 11.7. The van der Waals surface area contributed by atoms with Gasteiger partial charge in [-0.2, -0.15) is 9.97 Å². The first-order chi connectivity index (χ1) is 11.2. The summed E-state index contributed by atoms with van der Waals surface area (Å²) < 4.78 is 15.0. The molecule has 1 aromatic carbocycles. The molecule has 0 aliphatic carbocycles. The smallest absolute Gasteiger partial charge is 0.306 e.